The zero-order valence-electron chi connectivity index (χ0n) is 14.6. The monoisotopic (exact) mass is 481 g/mol. The second-order valence-corrected chi connectivity index (χ2v) is 59.0. The molecule has 133 valence electrons. The molecule has 2 amide bonds. The number of allylic oxidation sites excluding steroid dienone is 4. The second-order valence-electron chi connectivity index (χ2n) is 8.58. The van der Waals surface area contributed by atoms with Gasteiger partial charge in [0.2, 0.25) is 0 Å². The summed E-state index contributed by atoms with van der Waals surface area (Å²) in [5.74, 6) is 0. The van der Waals surface area contributed by atoms with Crippen LogP contribution in [0.5, 0.6) is 0 Å². The Balaban J connectivity index is 0.00000104. The standard InChI is InChI=1S/C9H11.2C3H8NOSi.2ClH.Zr/c1-2-5-9-7-3-6-8(9)4-1;2*1-6(2)3(4)5;;;/h3,6-7H,1-2,4-5H2;2*1-2H3,(H2,4,5);2*1H;/q;;;;;+4/p-4. The molecule has 0 radical (unpaired) electrons. The quantitative estimate of drug-likeness (QED) is 0.415. The molecule has 1 spiro atoms. The molecular weight excluding hydrogens is 458 g/mol. The average Bonchev–Trinajstić information content (AvgIpc) is 2.90. The molecule has 0 saturated carbocycles. The van der Waals surface area contributed by atoms with Gasteiger partial charge < -0.3 is 24.8 Å². The molecule has 2 saturated heterocycles. The summed E-state index contributed by atoms with van der Waals surface area (Å²) >= 11 is -3.79. The number of nitrogens with one attached hydrogen (secondary N) is 2. The van der Waals surface area contributed by atoms with Gasteiger partial charge in [-0.15, -0.1) is 0 Å². The molecule has 4 rings (SSSR count). The zero-order chi connectivity index (χ0) is 16.0. The predicted octanol–water partition coefficient (Wildman–Crippen LogP) is -2.24. The Morgan fingerprint density at radius 1 is 0.958 bits per heavy atom. The second kappa shape index (κ2) is 5.65. The van der Waals surface area contributed by atoms with E-state index in [0.29, 0.717) is 3.63 Å². The Hall–Kier alpha value is 0.317. The number of carbonyl (C=O) groups excluding carboxylic acids is 2. The number of rotatable bonds is 1. The van der Waals surface area contributed by atoms with Crippen LogP contribution in [0.1, 0.15) is 25.7 Å². The van der Waals surface area contributed by atoms with Gasteiger partial charge in [0.25, 0.3) is 0 Å². The summed E-state index contributed by atoms with van der Waals surface area (Å²) in [6.45, 7) is 8.95. The van der Waals surface area contributed by atoms with Gasteiger partial charge in [-0.2, -0.15) is 0 Å². The van der Waals surface area contributed by atoms with E-state index in [1.807, 2.05) is 0 Å². The minimum absolute atomic E-state index is 0. The van der Waals surface area contributed by atoms with E-state index in [2.05, 4.69) is 44.9 Å². The van der Waals surface area contributed by atoms with Crippen molar-refractivity contribution in [3.63, 3.8) is 0 Å². The molecule has 0 bridgehead atoms. The minimum atomic E-state index is -3.79. The van der Waals surface area contributed by atoms with Crippen molar-refractivity contribution in [3.8, 4) is 0 Å². The van der Waals surface area contributed by atoms with E-state index in [1.165, 1.54) is 24.8 Å². The molecule has 9 heteroatoms. The van der Waals surface area contributed by atoms with Crippen LogP contribution in [0.2, 0.25) is 29.8 Å². The van der Waals surface area contributed by atoms with E-state index in [4.69, 9.17) is 0 Å². The van der Waals surface area contributed by atoms with Crippen LogP contribution in [0, 0.1) is 0 Å². The summed E-state index contributed by atoms with van der Waals surface area (Å²) in [6.07, 6.45) is 9.58. The maximum Gasteiger partial charge on any atom is -1.00 e. The van der Waals surface area contributed by atoms with Gasteiger partial charge in [-0.3, -0.25) is 0 Å². The molecule has 4 aliphatic rings. The van der Waals surface area contributed by atoms with Gasteiger partial charge >= 0.3 is 134 Å². The van der Waals surface area contributed by atoms with Crippen LogP contribution >= 0.6 is 0 Å². The fraction of sp³-hybridized carbons (Fsp3) is 0.600. The van der Waals surface area contributed by atoms with Crippen LogP contribution in [-0.2, 0) is 17.7 Å². The molecule has 1 unspecified atom stereocenters. The largest absolute Gasteiger partial charge is 1.00 e. The Labute approximate surface area is 158 Å². The van der Waals surface area contributed by atoms with Crippen molar-refractivity contribution in [1.29, 1.82) is 0 Å². The van der Waals surface area contributed by atoms with Crippen LogP contribution < -0.4 is 31.3 Å². The van der Waals surface area contributed by atoms with Crippen molar-refractivity contribution in [2.75, 3.05) is 0 Å². The summed E-state index contributed by atoms with van der Waals surface area (Å²) in [6, 6.07) is 0. The first-order valence-corrected chi connectivity index (χ1v) is 25.6. The number of halogens is 2. The van der Waals surface area contributed by atoms with Crippen molar-refractivity contribution < 1.29 is 52.1 Å². The van der Waals surface area contributed by atoms with E-state index in [-0.39, 0.29) is 35.9 Å². The molecule has 0 aromatic heterocycles. The van der Waals surface area contributed by atoms with Crippen molar-refractivity contribution in [3.05, 3.63) is 23.3 Å². The van der Waals surface area contributed by atoms with Gasteiger partial charge in [0.15, 0.2) is 0 Å². The molecule has 0 aromatic rings. The van der Waals surface area contributed by atoms with Gasteiger partial charge in [0, 0.05) is 0 Å². The van der Waals surface area contributed by atoms with Gasteiger partial charge in [-0.25, -0.2) is 0 Å². The average molecular weight is 484 g/mol. The molecule has 1 atom stereocenters. The van der Waals surface area contributed by atoms with E-state index in [1.54, 1.807) is 5.57 Å². The fourth-order valence-electron chi connectivity index (χ4n) is 5.87. The Kier molecular flexibility index (Phi) is 4.86. The van der Waals surface area contributed by atoms with Crippen molar-refractivity contribution in [2.24, 2.45) is 0 Å². The summed E-state index contributed by atoms with van der Waals surface area (Å²) in [5.41, 5.74) is 3.67. The first-order valence-electron chi connectivity index (χ1n) is 8.40. The van der Waals surface area contributed by atoms with E-state index < -0.39 is 28.1 Å². The molecule has 2 heterocycles. The number of hydrogen-bond donors (Lipinski definition) is 2. The Morgan fingerprint density at radius 2 is 1.46 bits per heavy atom. The summed E-state index contributed by atoms with van der Waals surface area (Å²) < 4.78 is 7.46. The van der Waals surface area contributed by atoms with Gasteiger partial charge in [0.05, 0.1) is 0 Å². The molecule has 2 aliphatic carbocycles. The summed E-state index contributed by atoms with van der Waals surface area (Å²) in [7, 11) is 0. The van der Waals surface area contributed by atoms with Crippen molar-refractivity contribution >= 4 is 21.5 Å². The first-order chi connectivity index (χ1) is 10.2. The van der Waals surface area contributed by atoms with Gasteiger partial charge in [-0.05, 0) is 0 Å². The normalized spacial score (nSPS) is 32.1. The number of hydrogen-bond acceptors (Lipinski definition) is 2. The van der Waals surface area contributed by atoms with Crippen molar-refractivity contribution in [2.45, 2.75) is 55.5 Å². The molecule has 2 aliphatic heterocycles. The number of amides is 2. The van der Waals surface area contributed by atoms with Crippen molar-refractivity contribution in [1.82, 2.24) is 6.52 Å². The smallest absolute Gasteiger partial charge is 1.00 e. The van der Waals surface area contributed by atoms with Crippen LogP contribution in [0.4, 0.5) is 9.59 Å². The zero-order valence-corrected chi connectivity index (χ0v) is 20.6. The van der Waals surface area contributed by atoms with Crippen LogP contribution in [-0.4, -0.2) is 21.5 Å². The maximum absolute atomic E-state index is 12.5. The third-order valence-electron chi connectivity index (χ3n) is 7.52. The van der Waals surface area contributed by atoms with E-state index >= 15 is 0 Å². The minimum Gasteiger partial charge on any atom is -1.00 e. The predicted molar refractivity (Wildman–Crippen MR) is 90.4 cm³/mol. The van der Waals surface area contributed by atoms with Gasteiger partial charge in [-0.1, -0.05) is 0 Å². The molecule has 2 N–H and O–H groups in total. The van der Waals surface area contributed by atoms with Gasteiger partial charge in [0.1, 0.15) is 0 Å². The summed E-state index contributed by atoms with van der Waals surface area (Å²) in [5, 5.41) is -4.17. The molecule has 4 nitrogen and oxygen atoms in total. The topological polar surface area (TPSA) is 58.2 Å². The molecule has 0 aromatic carbocycles. The van der Waals surface area contributed by atoms with E-state index in [9.17, 15) is 9.59 Å². The maximum atomic E-state index is 12.5. The molecular formula is C15H25Cl2N2O2Si2Zr. The Bertz CT molecular complexity index is 672. The first kappa shape index (κ1) is 20.6. The Morgan fingerprint density at radius 3 is 1.92 bits per heavy atom. The SMILES string of the molecule is C[Si]1(C)C(=O)[NH][Zr+2]12([CH]1C=CC3=C1CCCC3)[NH]C(=O)[Si]2(C)C.[Cl-].[Cl-]. The van der Waals surface area contributed by atoms with Crippen LogP contribution in [0.3, 0.4) is 0 Å². The number of carbonyl (C=O) groups is 2. The van der Waals surface area contributed by atoms with Crippen LogP contribution in [0.25, 0.3) is 0 Å². The molecule has 24 heavy (non-hydrogen) atoms. The van der Waals surface area contributed by atoms with Crippen LogP contribution in [0.15, 0.2) is 23.3 Å². The molecule has 2 fully saturated rings. The third-order valence-corrected chi connectivity index (χ3v) is 95.0. The fourth-order valence-corrected chi connectivity index (χ4v) is 102. The third kappa shape index (κ3) is 1.74. The summed E-state index contributed by atoms with van der Waals surface area (Å²) in [4.78, 5) is 25.0. The van der Waals surface area contributed by atoms with E-state index in [0.717, 1.165) is 6.42 Å².